The Labute approximate surface area is 126 Å². The molecule has 2 rings (SSSR count). The zero-order valence-corrected chi connectivity index (χ0v) is 13.4. The molecule has 0 saturated carbocycles. The van der Waals surface area contributed by atoms with Gasteiger partial charge in [-0.15, -0.1) is 0 Å². The van der Waals surface area contributed by atoms with Crippen molar-refractivity contribution in [2.75, 3.05) is 7.11 Å². The first kappa shape index (κ1) is 15.6. The van der Waals surface area contributed by atoms with Gasteiger partial charge in [0, 0.05) is 13.5 Å². The smallest absolute Gasteiger partial charge is 0.217 e. The number of aliphatic hydroxyl groups excluding tert-OH is 1. The number of aromatic nitrogens is 2. The lowest BCUT2D eigenvalue weighted by Gasteiger charge is -2.13. The quantitative estimate of drug-likeness (QED) is 0.919. The second-order valence-corrected chi connectivity index (χ2v) is 5.75. The summed E-state index contributed by atoms with van der Waals surface area (Å²) in [5.41, 5.74) is 3.99. The Bertz CT molecular complexity index is 600. The average Bonchev–Trinajstić information content (AvgIpc) is 2.73. The number of hydrogen-bond acceptors (Lipinski definition) is 3. The fourth-order valence-electron chi connectivity index (χ4n) is 2.64. The molecule has 0 spiro atoms. The van der Waals surface area contributed by atoms with E-state index in [2.05, 4.69) is 43.2 Å². The van der Waals surface area contributed by atoms with Gasteiger partial charge in [-0.2, -0.15) is 5.10 Å². The van der Waals surface area contributed by atoms with Crippen molar-refractivity contribution < 1.29 is 9.84 Å². The van der Waals surface area contributed by atoms with Gasteiger partial charge in [0.15, 0.2) is 0 Å². The third kappa shape index (κ3) is 3.27. The number of nitrogens with zero attached hydrogens (tertiary/aromatic N) is 2. The van der Waals surface area contributed by atoms with E-state index < -0.39 is 6.10 Å². The molecule has 0 saturated heterocycles. The first-order chi connectivity index (χ1) is 9.93. The van der Waals surface area contributed by atoms with Crippen molar-refractivity contribution in [3.8, 4) is 5.88 Å². The van der Waals surface area contributed by atoms with Crippen molar-refractivity contribution in [2.24, 2.45) is 7.05 Å². The van der Waals surface area contributed by atoms with E-state index in [1.165, 1.54) is 5.56 Å². The molecule has 4 nitrogen and oxygen atoms in total. The van der Waals surface area contributed by atoms with Crippen LogP contribution in [0.5, 0.6) is 5.88 Å². The van der Waals surface area contributed by atoms with Gasteiger partial charge in [0.25, 0.3) is 0 Å². The summed E-state index contributed by atoms with van der Waals surface area (Å²) in [6.07, 6.45) is -0.0556. The summed E-state index contributed by atoms with van der Waals surface area (Å²) in [7, 11) is 3.42. The molecule has 2 aromatic rings. The maximum Gasteiger partial charge on any atom is 0.217 e. The lowest BCUT2D eigenvalue weighted by molar-refractivity contribution is 0.172. The highest BCUT2D eigenvalue weighted by molar-refractivity contribution is 5.35. The molecule has 1 unspecified atom stereocenters. The maximum absolute atomic E-state index is 10.5. The first-order valence-electron chi connectivity index (χ1n) is 7.28. The number of hydrogen-bond donors (Lipinski definition) is 1. The summed E-state index contributed by atoms with van der Waals surface area (Å²) >= 11 is 0. The van der Waals surface area contributed by atoms with Crippen molar-refractivity contribution in [1.29, 1.82) is 0 Å². The topological polar surface area (TPSA) is 47.3 Å². The third-order valence-corrected chi connectivity index (χ3v) is 3.82. The van der Waals surface area contributed by atoms with Crippen LogP contribution in [0.25, 0.3) is 0 Å². The molecule has 4 heteroatoms. The van der Waals surface area contributed by atoms with Crippen molar-refractivity contribution in [3.05, 3.63) is 46.6 Å². The van der Waals surface area contributed by atoms with E-state index in [-0.39, 0.29) is 0 Å². The average molecular weight is 288 g/mol. The van der Waals surface area contributed by atoms with E-state index in [0.29, 0.717) is 18.2 Å². The Balaban J connectivity index is 2.20. The summed E-state index contributed by atoms with van der Waals surface area (Å²) < 4.78 is 7.01. The van der Waals surface area contributed by atoms with Crippen molar-refractivity contribution in [2.45, 2.75) is 39.2 Å². The minimum Gasteiger partial charge on any atom is -0.481 e. The number of aliphatic hydroxyl groups is 1. The van der Waals surface area contributed by atoms with Gasteiger partial charge in [0.2, 0.25) is 5.88 Å². The molecule has 0 bridgehead atoms. The molecular weight excluding hydrogens is 264 g/mol. The summed E-state index contributed by atoms with van der Waals surface area (Å²) in [5, 5.41) is 14.8. The molecule has 114 valence electrons. The van der Waals surface area contributed by atoms with Crippen LogP contribution >= 0.6 is 0 Å². The molecule has 0 aliphatic rings. The minimum atomic E-state index is -0.612. The van der Waals surface area contributed by atoms with E-state index in [9.17, 15) is 5.11 Å². The Morgan fingerprint density at radius 2 is 1.86 bits per heavy atom. The van der Waals surface area contributed by atoms with Crippen LogP contribution in [0.4, 0.5) is 0 Å². The molecule has 0 aliphatic carbocycles. The van der Waals surface area contributed by atoms with Crippen LogP contribution in [0, 0.1) is 6.92 Å². The van der Waals surface area contributed by atoms with Gasteiger partial charge in [-0.3, -0.25) is 0 Å². The molecule has 0 radical (unpaired) electrons. The number of methoxy groups -OCH3 is 1. The number of benzene rings is 1. The van der Waals surface area contributed by atoms with Gasteiger partial charge in [0.1, 0.15) is 0 Å². The first-order valence-corrected chi connectivity index (χ1v) is 7.28. The summed E-state index contributed by atoms with van der Waals surface area (Å²) in [6.45, 7) is 6.24. The number of rotatable bonds is 5. The Morgan fingerprint density at radius 1 is 1.24 bits per heavy atom. The van der Waals surface area contributed by atoms with Crippen molar-refractivity contribution in [1.82, 2.24) is 9.78 Å². The second-order valence-electron chi connectivity index (χ2n) is 5.75. The van der Waals surface area contributed by atoms with Gasteiger partial charge < -0.3 is 9.84 Å². The van der Waals surface area contributed by atoms with Gasteiger partial charge in [-0.05, 0) is 24.0 Å². The largest absolute Gasteiger partial charge is 0.481 e. The molecule has 1 aromatic heterocycles. The third-order valence-electron chi connectivity index (χ3n) is 3.82. The molecule has 0 fully saturated rings. The van der Waals surface area contributed by atoms with E-state index in [0.717, 1.165) is 16.8 Å². The molecule has 1 aromatic carbocycles. The van der Waals surface area contributed by atoms with E-state index in [1.807, 2.05) is 14.0 Å². The van der Waals surface area contributed by atoms with Gasteiger partial charge in [-0.25, -0.2) is 4.68 Å². The van der Waals surface area contributed by atoms with Gasteiger partial charge in [-0.1, -0.05) is 38.1 Å². The molecule has 1 N–H and O–H groups in total. The highest BCUT2D eigenvalue weighted by atomic mass is 16.5. The Morgan fingerprint density at radius 3 is 2.38 bits per heavy atom. The zero-order chi connectivity index (χ0) is 15.6. The van der Waals surface area contributed by atoms with Crippen LogP contribution in [-0.2, 0) is 13.5 Å². The summed E-state index contributed by atoms with van der Waals surface area (Å²) in [4.78, 5) is 0. The van der Waals surface area contributed by atoms with Crippen LogP contribution < -0.4 is 4.74 Å². The normalized spacial score (nSPS) is 12.7. The van der Waals surface area contributed by atoms with Crippen LogP contribution in [0.15, 0.2) is 24.3 Å². The van der Waals surface area contributed by atoms with Crippen LogP contribution in [0.1, 0.15) is 48.3 Å². The second kappa shape index (κ2) is 6.31. The van der Waals surface area contributed by atoms with Gasteiger partial charge in [0.05, 0.1) is 24.5 Å². The van der Waals surface area contributed by atoms with E-state index in [4.69, 9.17) is 4.74 Å². The molecular formula is C17H24N2O2. The lowest BCUT2D eigenvalue weighted by atomic mass is 9.97. The van der Waals surface area contributed by atoms with Crippen LogP contribution in [0.3, 0.4) is 0 Å². The maximum atomic E-state index is 10.5. The Kier molecular flexibility index (Phi) is 4.68. The highest BCUT2D eigenvalue weighted by Gasteiger charge is 2.21. The predicted octanol–water partition coefficient (Wildman–Crippen LogP) is 3.14. The predicted molar refractivity (Wildman–Crippen MR) is 83.7 cm³/mol. The minimum absolute atomic E-state index is 0.518. The van der Waals surface area contributed by atoms with Crippen LogP contribution in [0.2, 0.25) is 0 Å². The zero-order valence-electron chi connectivity index (χ0n) is 13.4. The highest BCUT2D eigenvalue weighted by Crippen LogP contribution is 2.30. The van der Waals surface area contributed by atoms with E-state index >= 15 is 0 Å². The molecule has 0 amide bonds. The monoisotopic (exact) mass is 288 g/mol. The number of ether oxygens (including phenoxy) is 1. The molecule has 1 heterocycles. The fraction of sp³-hybridized carbons (Fsp3) is 0.471. The van der Waals surface area contributed by atoms with Crippen LogP contribution in [-0.4, -0.2) is 22.0 Å². The van der Waals surface area contributed by atoms with Crippen molar-refractivity contribution in [3.63, 3.8) is 0 Å². The van der Waals surface area contributed by atoms with E-state index in [1.54, 1.807) is 11.8 Å². The summed E-state index contributed by atoms with van der Waals surface area (Å²) in [5.74, 6) is 1.14. The molecule has 1 atom stereocenters. The Hall–Kier alpha value is -1.81. The summed E-state index contributed by atoms with van der Waals surface area (Å²) in [6, 6.07) is 8.41. The standard InChI is InChI=1S/C17H24N2O2/c1-11(2)14-8-6-13(7-9-14)10-15(20)16-12(3)18-19(4)17(16)21-5/h6-9,11,15,20H,10H2,1-5H3. The lowest BCUT2D eigenvalue weighted by Crippen LogP contribution is -2.05. The number of aryl methyl sites for hydroxylation is 2. The van der Waals surface area contributed by atoms with Crippen molar-refractivity contribution >= 4 is 0 Å². The molecule has 0 aliphatic heterocycles. The fourth-order valence-corrected chi connectivity index (χ4v) is 2.64. The molecule has 21 heavy (non-hydrogen) atoms. The van der Waals surface area contributed by atoms with Gasteiger partial charge >= 0.3 is 0 Å². The SMILES string of the molecule is COc1c(C(O)Cc2ccc(C(C)C)cc2)c(C)nn1C.